The van der Waals surface area contributed by atoms with Crippen LogP contribution in [0.3, 0.4) is 0 Å². The maximum atomic E-state index is 13.7. The van der Waals surface area contributed by atoms with E-state index >= 15 is 0 Å². The third-order valence-electron chi connectivity index (χ3n) is 6.35. The zero-order valence-electron chi connectivity index (χ0n) is 21.9. The molecule has 0 aromatic heterocycles. The molecule has 0 heterocycles. The van der Waals surface area contributed by atoms with Crippen molar-refractivity contribution >= 4 is 23.6 Å². The van der Waals surface area contributed by atoms with Crippen LogP contribution in [0.2, 0.25) is 0 Å². The van der Waals surface area contributed by atoms with Crippen molar-refractivity contribution in [3.63, 3.8) is 0 Å². The van der Waals surface area contributed by atoms with E-state index in [1.807, 2.05) is 56.3 Å². The van der Waals surface area contributed by atoms with Crippen LogP contribution in [0.4, 0.5) is 0 Å². The largest absolute Gasteiger partial charge is 0.352 e. The van der Waals surface area contributed by atoms with Gasteiger partial charge in [-0.15, -0.1) is 11.8 Å². The summed E-state index contributed by atoms with van der Waals surface area (Å²) < 4.78 is 0. The van der Waals surface area contributed by atoms with Gasteiger partial charge < -0.3 is 10.2 Å². The molecule has 0 radical (unpaired) electrons. The molecule has 36 heavy (non-hydrogen) atoms. The van der Waals surface area contributed by atoms with Gasteiger partial charge in [-0.2, -0.15) is 0 Å². The quantitative estimate of drug-likeness (QED) is 0.294. The molecule has 3 aromatic rings. The van der Waals surface area contributed by atoms with Crippen LogP contribution in [0.1, 0.15) is 48.9 Å². The van der Waals surface area contributed by atoms with Gasteiger partial charge in [0.1, 0.15) is 6.04 Å². The summed E-state index contributed by atoms with van der Waals surface area (Å²) in [7, 11) is 0. The first-order chi connectivity index (χ1) is 17.4. The van der Waals surface area contributed by atoms with E-state index in [-0.39, 0.29) is 17.9 Å². The van der Waals surface area contributed by atoms with Crippen LogP contribution in [0.15, 0.2) is 83.8 Å². The van der Waals surface area contributed by atoms with Crippen molar-refractivity contribution in [1.82, 2.24) is 10.2 Å². The monoisotopic (exact) mass is 502 g/mol. The molecule has 3 rings (SSSR count). The minimum absolute atomic E-state index is 0.00424. The number of aryl methyl sites for hydroxylation is 2. The second-order valence-electron chi connectivity index (χ2n) is 9.44. The lowest BCUT2D eigenvalue weighted by molar-refractivity contribution is -0.141. The van der Waals surface area contributed by atoms with Gasteiger partial charge in [-0.05, 0) is 50.5 Å². The number of carbonyl (C=O) groups excluding carboxylic acids is 2. The first-order valence-electron chi connectivity index (χ1n) is 12.7. The molecule has 4 nitrogen and oxygen atoms in total. The Bertz CT molecular complexity index is 1100. The Hall–Kier alpha value is -3.05. The molecule has 2 atom stereocenters. The number of benzene rings is 3. The van der Waals surface area contributed by atoms with Crippen LogP contribution in [-0.2, 0) is 22.6 Å². The fraction of sp³-hybridized carbons (Fsp3) is 0.355. The van der Waals surface area contributed by atoms with Crippen LogP contribution in [0.25, 0.3) is 0 Å². The maximum Gasteiger partial charge on any atom is 0.243 e. The molecular weight excluding hydrogens is 464 g/mol. The van der Waals surface area contributed by atoms with Gasteiger partial charge >= 0.3 is 0 Å². The number of rotatable bonds is 12. The number of thioether (sulfide) groups is 1. The Kier molecular flexibility index (Phi) is 10.6. The summed E-state index contributed by atoms with van der Waals surface area (Å²) in [5, 5.41) is 3.13. The second-order valence-corrected chi connectivity index (χ2v) is 10.6. The predicted octanol–water partition coefficient (Wildman–Crippen LogP) is 6.34. The minimum atomic E-state index is -0.584. The molecule has 5 heteroatoms. The number of nitrogens with zero attached hydrogens (tertiary/aromatic N) is 1. The number of hydrogen-bond acceptors (Lipinski definition) is 3. The standard InChI is InChI=1S/C31H38N2O2S/c1-5-25(4)32-31(35)29(21-26-9-7-6-8-10-26)33(22-27-15-11-23(2)12-16-27)30(34)19-20-36-28-17-13-24(3)14-18-28/h6-18,25,29H,5,19-22H2,1-4H3,(H,32,35)/t25-,29-/m1/s1. The van der Waals surface area contributed by atoms with E-state index in [2.05, 4.69) is 55.6 Å². The fourth-order valence-electron chi connectivity index (χ4n) is 3.92. The summed E-state index contributed by atoms with van der Waals surface area (Å²) in [6.45, 7) is 8.57. The minimum Gasteiger partial charge on any atom is -0.352 e. The highest BCUT2D eigenvalue weighted by molar-refractivity contribution is 7.99. The van der Waals surface area contributed by atoms with Gasteiger partial charge in [0, 0.05) is 36.1 Å². The average Bonchev–Trinajstić information content (AvgIpc) is 2.88. The lowest BCUT2D eigenvalue weighted by Gasteiger charge is -2.32. The first kappa shape index (κ1) is 27.5. The fourth-order valence-corrected chi connectivity index (χ4v) is 4.76. The van der Waals surface area contributed by atoms with E-state index in [9.17, 15) is 9.59 Å². The Morgan fingerprint density at radius 3 is 2.08 bits per heavy atom. The van der Waals surface area contributed by atoms with Crippen LogP contribution in [0, 0.1) is 13.8 Å². The van der Waals surface area contributed by atoms with Gasteiger partial charge in [-0.1, -0.05) is 84.8 Å². The molecular formula is C31H38N2O2S. The third kappa shape index (κ3) is 8.56. The van der Waals surface area contributed by atoms with Gasteiger partial charge in [0.15, 0.2) is 0 Å². The molecule has 0 bridgehead atoms. The molecule has 3 aromatic carbocycles. The van der Waals surface area contributed by atoms with Gasteiger partial charge in [0.25, 0.3) is 0 Å². The Morgan fingerprint density at radius 1 is 0.861 bits per heavy atom. The highest BCUT2D eigenvalue weighted by Crippen LogP contribution is 2.21. The third-order valence-corrected chi connectivity index (χ3v) is 7.37. The smallest absolute Gasteiger partial charge is 0.243 e. The molecule has 0 saturated carbocycles. The summed E-state index contributed by atoms with van der Waals surface area (Å²) in [6, 6.07) is 26.0. The van der Waals surface area contributed by atoms with Crippen LogP contribution in [0.5, 0.6) is 0 Å². The zero-order chi connectivity index (χ0) is 25.9. The van der Waals surface area contributed by atoms with E-state index in [4.69, 9.17) is 0 Å². The molecule has 0 fully saturated rings. The molecule has 0 aliphatic heterocycles. The van der Waals surface area contributed by atoms with Crippen molar-refractivity contribution < 1.29 is 9.59 Å². The molecule has 0 spiro atoms. The predicted molar refractivity (Wildman–Crippen MR) is 150 cm³/mol. The summed E-state index contributed by atoms with van der Waals surface area (Å²) in [5.74, 6) is 0.562. The molecule has 0 unspecified atom stereocenters. The molecule has 1 N–H and O–H groups in total. The van der Waals surface area contributed by atoms with Crippen molar-refractivity contribution in [3.8, 4) is 0 Å². The number of nitrogens with one attached hydrogen (secondary N) is 1. The van der Waals surface area contributed by atoms with Crippen molar-refractivity contribution in [3.05, 3.63) is 101 Å². The summed E-state index contributed by atoms with van der Waals surface area (Å²) in [5.41, 5.74) is 4.45. The molecule has 190 valence electrons. The van der Waals surface area contributed by atoms with Gasteiger partial charge in [-0.25, -0.2) is 0 Å². The average molecular weight is 503 g/mol. The Balaban J connectivity index is 1.84. The summed E-state index contributed by atoms with van der Waals surface area (Å²) >= 11 is 1.67. The summed E-state index contributed by atoms with van der Waals surface area (Å²) in [6.07, 6.45) is 1.68. The van der Waals surface area contributed by atoms with Crippen molar-refractivity contribution in [2.45, 2.75) is 70.5 Å². The number of carbonyl (C=O) groups is 2. The van der Waals surface area contributed by atoms with Gasteiger partial charge in [0.2, 0.25) is 11.8 Å². The number of hydrogen-bond donors (Lipinski definition) is 1. The normalized spacial score (nSPS) is 12.6. The molecule has 0 aliphatic rings. The zero-order valence-corrected chi connectivity index (χ0v) is 22.7. The van der Waals surface area contributed by atoms with Crippen LogP contribution in [-0.4, -0.2) is 34.6 Å². The van der Waals surface area contributed by atoms with Crippen LogP contribution < -0.4 is 5.32 Å². The van der Waals surface area contributed by atoms with E-state index in [1.165, 1.54) is 11.1 Å². The highest BCUT2D eigenvalue weighted by atomic mass is 32.2. The lowest BCUT2D eigenvalue weighted by Crippen LogP contribution is -2.52. The van der Waals surface area contributed by atoms with Crippen molar-refractivity contribution in [2.75, 3.05) is 5.75 Å². The first-order valence-corrected chi connectivity index (χ1v) is 13.7. The molecule has 0 aliphatic carbocycles. The second kappa shape index (κ2) is 13.9. The lowest BCUT2D eigenvalue weighted by atomic mass is 10.0. The van der Waals surface area contributed by atoms with E-state index in [0.717, 1.165) is 22.4 Å². The Labute approximate surface area is 220 Å². The van der Waals surface area contributed by atoms with Crippen molar-refractivity contribution in [1.29, 1.82) is 0 Å². The molecule has 0 saturated heterocycles. The number of amides is 2. The summed E-state index contributed by atoms with van der Waals surface area (Å²) in [4.78, 5) is 30.1. The van der Waals surface area contributed by atoms with E-state index in [0.29, 0.717) is 25.1 Å². The topological polar surface area (TPSA) is 49.4 Å². The van der Waals surface area contributed by atoms with E-state index in [1.54, 1.807) is 16.7 Å². The van der Waals surface area contributed by atoms with Gasteiger partial charge in [0.05, 0.1) is 0 Å². The van der Waals surface area contributed by atoms with Crippen LogP contribution >= 0.6 is 11.8 Å². The van der Waals surface area contributed by atoms with E-state index < -0.39 is 6.04 Å². The molecule has 2 amide bonds. The highest BCUT2D eigenvalue weighted by Gasteiger charge is 2.30. The Morgan fingerprint density at radius 2 is 1.47 bits per heavy atom. The van der Waals surface area contributed by atoms with Gasteiger partial charge in [-0.3, -0.25) is 9.59 Å². The SMILES string of the molecule is CC[C@@H](C)NC(=O)[C@@H](Cc1ccccc1)N(Cc1ccc(C)cc1)C(=O)CCSc1ccc(C)cc1. The van der Waals surface area contributed by atoms with Crippen molar-refractivity contribution in [2.24, 2.45) is 0 Å². The maximum absolute atomic E-state index is 13.7.